The van der Waals surface area contributed by atoms with Gasteiger partial charge in [-0.1, -0.05) is 50.2 Å². The summed E-state index contributed by atoms with van der Waals surface area (Å²) in [6.07, 6.45) is -0.371. The zero-order valence-electron chi connectivity index (χ0n) is 35.1. The number of β-amino-alcohol motifs (C(OH)–C–C–N with tert-alkyl or cyclic N) is 1. The fourth-order valence-electron chi connectivity index (χ4n) is 8.18. The number of hydrogen-bond donors (Lipinski definition) is 5. The molecular weight excluding hydrogens is 811 g/mol. The number of nitrogens with one attached hydrogen (secondary N) is 3. The average Bonchev–Trinajstić information content (AvgIpc) is 4.06. The molecular formula is C45H51N9O7S. The van der Waals surface area contributed by atoms with Crippen LogP contribution in [-0.2, 0) is 14.4 Å². The first-order chi connectivity index (χ1) is 29.9. The Balaban J connectivity index is 0.770. The summed E-state index contributed by atoms with van der Waals surface area (Å²) in [4.78, 5) is 52.6. The first-order valence-electron chi connectivity index (χ1n) is 21.0. The fraction of sp³-hybridized carbons (Fsp3) is 0.400. The lowest BCUT2D eigenvalue weighted by Gasteiger charge is -2.39. The summed E-state index contributed by atoms with van der Waals surface area (Å²) in [7, 11) is 0. The number of nitrogens with zero attached hydrogens (tertiary/aromatic N) is 6. The van der Waals surface area contributed by atoms with Gasteiger partial charge < -0.3 is 44.9 Å². The number of benzene rings is 2. The second-order valence-electron chi connectivity index (χ2n) is 16.4. The molecule has 62 heavy (non-hydrogen) atoms. The molecule has 8 rings (SSSR count). The van der Waals surface area contributed by atoms with Gasteiger partial charge in [0.25, 0.3) is 5.88 Å². The van der Waals surface area contributed by atoms with Crippen LogP contribution in [0.5, 0.6) is 11.6 Å². The number of rotatable bonds is 16. The number of carbonyl (C=O) groups excluding carboxylic acids is 3. The molecule has 6 aromatic rings. The molecule has 0 spiro atoms. The number of ether oxygens (including phenoxy) is 1. The third-order valence-electron chi connectivity index (χ3n) is 11.7. The Morgan fingerprint density at radius 2 is 1.81 bits per heavy atom. The van der Waals surface area contributed by atoms with Crippen molar-refractivity contribution < 1.29 is 33.9 Å². The Morgan fingerprint density at radius 1 is 1.02 bits per heavy atom. The Hall–Kier alpha value is -6.17. The molecule has 2 aliphatic rings. The second-order valence-corrected chi connectivity index (χ2v) is 17.3. The number of aryl methyl sites for hydroxylation is 1. The second kappa shape index (κ2) is 18.4. The van der Waals surface area contributed by atoms with E-state index in [2.05, 4.69) is 36.0 Å². The molecule has 0 saturated carbocycles. The van der Waals surface area contributed by atoms with Gasteiger partial charge >= 0.3 is 0 Å². The summed E-state index contributed by atoms with van der Waals surface area (Å²) in [5, 5.41) is 40.6. The van der Waals surface area contributed by atoms with Crippen molar-refractivity contribution in [2.45, 2.75) is 70.6 Å². The minimum Gasteiger partial charge on any atom is -0.507 e. The predicted molar refractivity (Wildman–Crippen MR) is 232 cm³/mol. The first kappa shape index (κ1) is 42.5. The molecule has 324 valence electrons. The zero-order valence-corrected chi connectivity index (χ0v) is 35.9. The highest BCUT2D eigenvalue weighted by Gasteiger charge is 2.43. The highest BCUT2D eigenvalue weighted by atomic mass is 32.1. The Labute approximate surface area is 362 Å². The Kier molecular flexibility index (Phi) is 12.6. The lowest BCUT2D eigenvalue weighted by Crippen LogP contribution is -2.49. The number of phenols is 1. The van der Waals surface area contributed by atoms with E-state index < -0.39 is 18.1 Å². The minimum atomic E-state index is -0.846. The molecule has 0 radical (unpaired) electrons. The molecule has 0 aliphatic carbocycles. The number of hydrogen-bond acceptors (Lipinski definition) is 13. The summed E-state index contributed by atoms with van der Waals surface area (Å²) in [6, 6.07) is 19.4. The number of H-pyrrole nitrogens is 1. The molecule has 2 aromatic carbocycles. The standard InChI is InChI=1S/C45H51N9O7S/c1-25(2)41(45(59)54-23-32(55)19-36(54)44(58)48-26(3)28-9-11-29(12-10-28)42-27(4)47-24-62-42)38-20-39(52-61-38)60-16-15-46-14-13-40(57)53-21-31(22-53)34-17-30-18-35(50-51-43(30)49-34)33-7-5-6-8-37(33)56/h5-12,17-18,20,24-26,31-32,36,41,46,55-56H,13-16,19,21-23H2,1-4H3,(H,48,58)(H,49,51)/t26-,32+,36-,41+/m0/s1. The fourth-order valence-corrected chi connectivity index (χ4v) is 8.99. The van der Waals surface area contributed by atoms with Crippen LogP contribution in [0.4, 0.5) is 0 Å². The predicted octanol–water partition coefficient (Wildman–Crippen LogP) is 5.31. The number of phenolic OH excluding ortho intramolecular Hbond substituents is 1. The van der Waals surface area contributed by atoms with Crippen molar-refractivity contribution in [1.82, 2.24) is 45.8 Å². The maximum atomic E-state index is 14.1. The molecule has 0 unspecified atom stereocenters. The quantitative estimate of drug-likeness (QED) is 0.0784. The zero-order chi connectivity index (χ0) is 43.5. The highest BCUT2D eigenvalue weighted by molar-refractivity contribution is 7.13. The van der Waals surface area contributed by atoms with Crippen LogP contribution in [0.15, 0.2) is 76.8 Å². The maximum Gasteiger partial charge on any atom is 0.254 e. The summed E-state index contributed by atoms with van der Waals surface area (Å²) in [6.45, 7) is 10.1. The van der Waals surface area contributed by atoms with Crippen molar-refractivity contribution >= 4 is 40.1 Å². The van der Waals surface area contributed by atoms with Gasteiger partial charge in [0.15, 0.2) is 11.4 Å². The summed E-state index contributed by atoms with van der Waals surface area (Å²) in [5.74, 6) is -0.697. The summed E-state index contributed by atoms with van der Waals surface area (Å²) in [5.41, 5.74) is 7.63. The molecule has 4 atom stereocenters. The topological polar surface area (TPSA) is 212 Å². The highest BCUT2D eigenvalue weighted by Crippen LogP contribution is 2.35. The van der Waals surface area contributed by atoms with Crippen molar-refractivity contribution in [3.8, 4) is 33.3 Å². The van der Waals surface area contributed by atoms with Crippen LogP contribution in [0.1, 0.15) is 74.2 Å². The van der Waals surface area contributed by atoms with Gasteiger partial charge in [0, 0.05) is 74.2 Å². The molecule has 2 saturated heterocycles. The van der Waals surface area contributed by atoms with E-state index in [9.17, 15) is 24.6 Å². The van der Waals surface area contributed by atoms with Crippen molar-refractivity contribution in [2.75, 3.05) is 39.3 Å². The minimum absolute atomic E-state index is 0.0325. The van der Waals surface area contributed by atoms with E-state index in [4.69, 9.17) is 9.26 Å². The number of aliphatic hydroxyl groups is 1. The molecule has 17 heteroatoms. The van der Waals surface area contributed by atoms with E-state index in [1.165, 1.54) is 4.90 Å². The van der Waals surface area contributed by atoms with Gasteiger partial charge in [0.05, 0.1) is 33.9 Å². The number of fused-ring (bicyclic) bond motifs is 1. The van der Waals surface area contributed by atoms with Crippen molar-refractivity contribution in [1.29, 1.82) is 0 Å². The van der Waals surface area contributed by atoms with E-state index in [-0.39, 0.29) is 66.8 Å². The summed E-state index contributed by atoms with van der Waals surface area (Å²) < 4.78 is 11.4. The number of aromatic hydroxyl groups is 1. The van der Waals surface area contributed by atoms with Gasteiger partial charge in [-0.3, -0.25) is 14.4 Å². The number of likely N-dealkylation sites (tertiary alicyclic amines) is 2. The van der Waals surface area contributed by atoms with Crippen molar-refractivity contribution in [3.05, 3.63) is 95.0 Å². The number of carbonyl (C=O) groups is 3. The molecule has 5 N–H and O–H groups in total. The number of thiazole rings is 1. The molecule has 16 nitrogen and oxygen atoms in total. The first-order valence-corrected chi connectivity index (χ1v) is 21.8. The van der Waals surface area contributed by atoms with Gasteiger partial charge in [-0.05, 0) is 60.3 Å². The van der Waals surface area contributed by atoms with Crippen molar-refractivity contribution in [2.24, 2.45) is 5.92 Å². The van der Waals surface area contributed by atoms with Crippen LogP contribution < -0.4 is 15.4 Å². The SMILES string of the molecule is Cc1ncsc1-c1ccc([C@H](C)NC(=O)[C@@H]2C[C@@H](O)CN2C(=O)[C@@H](c2cc(OCCNCCC(=O)N3CC(c4cc5cc(-c6ccccc6O)nnc5[nH]4)C3)no2)C(C)C)cc1. The third kappa shape index (κ3) is 9.19. The monoisotopic (exact) mass is 861 g/mol. The average molecular weight is 862 g/mol. The lowest BCUT2D eigenvalue weighted by atomic mass is 9.91. The number of aromatic amines is 1. The van der Waals surface area contributed by atoms with Crippen LogP contribution in [0, 0.1) is 12.8 Å². The van der Waals surface area contributed by atoms with Crippen LogP contribution in [-0.4, -0.2) is 115 Å². The third-order valence-corrected chi connectivity index (χ3v) is 12.7. The number of amides is 3. The molecule has 4 aromatic heterocycles. The summed E-state index contributed by atoms with van der Waals surface area (Å²) >= 11 is 1.58. The van der Waals surface area contributed by atoms with Gasteiger partial charge in [-0.15, -0.1) is 21.5 Å². The van der Waals surface area contributed by atoms with E-state index in [1.54, 1.807) is 35.6 Å². The van der Waals surface area contributed by atoms with Crippen molar-refractivity contribution in [3.63, 3.8) is 0 Å². The van der Waals surface area contributed by atoms with E-state index in [1.807, 2.05) is 80.6 Å². The smallest absolute Gasteiger partial charge is 0.254 e. The van der Waals surface area contributed by atoms with E-state index >= 15 is 0 Å². The van der Waals surface area contributed by atoms with Gasteiger partial charge in [0.2, 0.25) is 17.7 Å². The van der Waals surface area contributed by atoms with Crippen LogP contribution in [0.2, 0.25) is 0 Å². The molecule has 3 amide bonds. The van der Waals surface area contributed by atoms with Gasteiger partial charge in [0.1, 0.15) is 24.3 Å². The number of aromatic nitrogens is 5. The van der Waals surface area contributed by atoms with Crippen LogP contribution in [0.25, 0.3) is 32.7 Å². The molecule has 0 bridgehead atoms. The molecule has 2 aliphatic heterocycles. The largest absolute Gasteiger partial charge is 0.507 e. The van der Waals surface area contributed by atoms with Gasteiger partial charge in [-0.2, -0.15) is 0 Å². The van der Waals surface area contributed by atoms with Crippen LogP contribution in [0.3, 0.4) is 0 Å². The number of aliphatic hydroxyl groups excluding tert-OH is 1. The van der Waals surface area contributed by atoms with Gasteiger partial charge in [-0.25, -0.2) is 4.98 Å². The number of para-hydroxylation sites is 1. The lowest BCUT2D eigenvalue weighted by molar-refractivity contribution is -0.141. The van der Waals surface area contributed by atoms with E-state index in [0.717, 1.165) is 32.8 Å². The van der Waals surface area contributed by atoms with E-state index in [0.29, 0.717) is 55.3 Å². The van der Waals surface area contributed by atoms with Crippen LogP contribution >= 0.6 is 11.3 Å². The maximum absolute atomic E-state index is 14.1. The Bertz CT molecular complexity index is 2530. The molecule has 6 heterocycles. The normalized spacial score (nSPS) is 17.6. The Morgan fingerprint density at radius 3 is 2.55 bits per heavy atom. The molecule has 2 fully saturated rings.